The van der Waals surface area contributed by atoms with Gasteiger partial charge in [-0.25, -0.2) is 4.79 Å². The summed E-state index contributed by atoms with van der Waals surface area (Å²) < 4.78 is 0. The van der Waals surface area contributed by atoms with Gasteiger partial charge in [0.25, 0.3) is 5.91 Å². The maximum atomic E-state index is 13.7. The van der Waals surface area contributed by atoms with Gasteiger partial charge in [-0.15, -0.1) is 0 Å². The molecule has 0 radical (unpaired) electrons. The van der Waals surface area contributed by atoms with E-state index < -0.39 is 12.1 Å². The van der Waals surface area contributed by atoms with Gasteiger partial charge in [0, 0.05) is 25.2 Å². The fourth-order valence-corrected chi connectivity index (χ4v) is 5.85. The molecule has 0 spiro atoms. The lowest BCUT2D eigenvalue weighted by molar-refractivity contribution is -0.138. The molecule has 202 valence electrons. The lowest BCUT2D eigenvalue weighted by atomic mass is 9.86. The zero-order valence-corrected chi connectivity index (χ0v) is 23.0. The first-order valence-corrected chi connectivity index (χ1v) is 13.8. The van der Waals surface area contributed by atoms with Crippen molar-refractivity contribution in [2.24, 2.45) is 5.92 Å². The van der Waals surface area contributed by atoms with E-state index in [0.29, 0.717) is 24.9 Å². The van der Waals surface area contributed by atoms with Crippen LogP contribution in [0.4, 0.5) is 4.79 Å². The molecule has 3 aliphatic rings. The van der Waals surface area contributed by atoms with Crippen LogP contribution >= 0.6 is 0 Å². The smallest absolute Gasteiger partial charge is 0.320 e. The Labute approximate surface area is 220 Å². The zero-order chi connectivity index (χ0) is 26.9. The molecular formula is C29H42N4O4. The van der Waals surface area contributed by atoms with Gasteiger partial charge in [0.05, 0.1) is 12.6 Å². The fraction of sp³-hybridized carbons (Fsp3) is 0.655. The molecule has 8 nitrogen and oxygen atoms in total. The van der Waals surface area contributed by atoms with E-state index in [-0.39, 0.29) is 47.5 Å². The number of likely N-dealkylation sites (tertiary alicyclic amines) is 3. The molecule has 3 heterocycles. The fourth-order valence-electron chi connectivity index (χ4n) is 5.85. The first-order chi connectivity index (χ1) is 17.5. The lowest BCUT2D eigenvalue weighted by Gasteiger charge is -2.33. The van der Waals surface area contributed by atoms with Crippen molar-refractivity contribution in [3.63, 3.8) is 0 Å². The highest BCUT2D eigenvalue weighted by atomic mass is 16.2. The first-order valence-electron chi connectivity index (χ1n) is 13.8. The molecule has 0 bridgehead atoms. The summed E-state index contributed by atoms with van der Waals surface area (Å²) in [6.07, 6.45) is 4.16. The number of Topliss-reactive ketones (excluding diaryl/α,β-unsaturated/α-hetero) is 1. The summed E-state index contributed by atoms with van der Waals surface area (Å²) in [6, 6.07) is 5.76. The summed E-state index contributed by atoms with van der Waals surface area (Å²) in [5.41, 5.74) is 1.61. The number of piperidine rings is 1. The summed E-state index contributed by atoms with van der Waals surface area (Å²) in [7, 11) is 0. The van der Waals surface area contributed by atoms with Crippen molar-refractivity contribution in [2.45, 2.75) is 90.3 Å². The highest BCUT2D eigenvalue weighted by Gasteiger charge is 2.52. The highest BCUT2D eigenvalue weighted by Crippen LogP contribution is 2.32. The molecule has 1 aromatic carbocycles. The summed E-state index contributed by atoms with van der Waals surface area (Å²) >= 11 is 0. The predicted octanol–water partition coefficient (Wildman–Crippen LogP) is 3.59. The van der Waals surface area contributed by atoms with Crippen LogP contribution in [0.15, 0.2) is 24.3 Å². The van der Waals surface area contributed by atoms with Crippen LogP contribution in [0.2, 0.25) is 0 Å². The normalized spacial score (nSPS) is 22.9. The Morgan fingerprint density at radius 1 is 0.973 bits per heavy atom. The molecule has 3 fully saturated rings. The molecule has 37 heavy (non-hydrogen) atoms. The van der Waals surface area contributed by atoms with Crippen molar-refractivity contribution in [2.75, 3.05) is 26.2 Å². The molecule has 4 amide bonds. The number of nitrogens with zero attached hydrogens (tertiary/aromatic N) is 3. The number of carbonyl (C=O) groups is 4. The van der Waals surface area contributed by atoms with E-state index >= 15 is 0 Å². The molecule has 3 atom stereocenters. The van der Waals surface area contributed by atoms with Gasteiger partial charge < -0.3 is 20.0 Å². The topological polar surface area (TPSA) is 90.0 Å². The summed E-state index contributed by atoms with van der Waals surface area (Å²) in [5, 5.41) is 2.95. The molecule has 3 unspecified atom stereocenters. The van der Waals surface area contributed by atoms with Gasteiger partial charge in [-0.2, -0.15) is 0 Å². The van der Waals surface area contributed by atoms with Gasteiger partial charge in [-0.1, -0.05) is 46.8 Å². The van der Waals surface area contributed by atoms with Crippen molar-refractivity contribution in [1.82, 2.24) is 20.0 Å². The molecule has 1 aromatic rings. The first kappa shape index (κ1) is 27.1. The van der Waals surface area contributed by atoms with Gasteiger partial charge in [0.15, 0.2) is 5.78 Å². The number of benzene rings is 1. The number of ketones is 1. The second kappa shape index (κ2) is 10.8. The Balaban J connectivity index is 1.47. The third kappa shape index (κ3) is 5.83. The Morgan fingerprint density at radius 2 is 1.62 bits per heavy atom. The van der Waals surface area contributed by atoms with Gasteiger partial charge in [0.1, 0.15) is 12.1 Å². The number of hydrogen-bond acceptors (Lipinski definition) is 4. The Hall–Kier alpha value is -2.90. The molecule has 0 aromatic heterocycles. The van der Waals surface area contributed by atoms with E-state index in [9.17, 15) is 19.2 Å². The van der Waals surface area contributed by atoms with E-state index in [2.05, 4.69) is 26.1 Å². The number of urea groups is 1. The number of hydrogen-bond donors (Lipinski definition) is 1. The number of nitrogens with one attached hydrogen (secondary N) is 1. The molecule has 0 aliphatic carbocycles. The number of rotatable bonds is 5. The maximum Gasteiger partial charge on any atom is 0.320 e. The van der Waals surface area contributed by atoms with Crippen molar-refractivity contribution in [3.05, 3.63) is 35.4 Å². The number of carbonyl (C=O) groups excluding carboxylic acids is 4. The third-order valence-corrected chi connectivity index (χ3v) is 7.90. The largest absolute Gasteiger partial charge is 0.340 e. The predicted molar refractivity (Wildman–Crippen MR) is 142 cm³/mol. The minimum atomic E-state index is -0.729. The molecule has 3 aliphatic heterocycles. The Kier molecular flexibility index (Phi) is 7.95. The van der Waals surface area contributed by atoms with E-state index in [1.165, 1.54) is 0 Å². The number of fused-ring (bicyclic) bond motifs is 1. The van der Waals surface area contributed by atoms with Crippen LogP contribution in [0.1, 0.15) is 82.6 Å². The monoisotopic (exact) mass is 510 g/mol. The van der Waals surface area contributed by atoms with Gasteiger partial charge in [-0.3, -0.25) is 14.4 Å². The van der Waals surface area contributed by atoms with Gasteiger partial charge in [0.2, 0.25) is 5.91 Å². The number of amides is 4. The van der Waals surface area contributed by atoms with E-state index in [1.807, 2.05) is 30.9 Å². The summed E-state index contributed by atoms with van der Waals surface area (Å²) in [5.74, 6) is -0.447. The molecule has 8 heteroatoms. The van der Waals surface area contributed by atoms with E-state index in [1.54, 1.807) is 21.9 Å². The average molecular weight is 511 g/mol. The molecule has 4 rings (SSSR count). The van der Waals surface area contributed by atoms with Crippen LogP contribution in [0.3, 0.4) is 0 Å². The minimum Gasteiger partial charge on any atom is -0.340 e. The Morgan fingerprint density at radius 3 is 2.22 bits per heavy atom. The van der Waals surface area contributed by atoms with Crippen LogP contribution in [-0.2, 0) is 15.0 Å². The van der Waals surface area contributed by atoms with E-state index in [0.717, 1.165) is 37.9 Å². The molecule has 0 saturated carbocycles. The van der Waals surface area contributed by atoms with Crippen LogP contribution in [-0.4, -0.2) is 82.6 Å². The minimum absolute atomic E-state index is 0.0193. The standard InChI is InChI=1S/C29H42N4O4/c1-19(2)17-22(30-26(35)20-9-11-21(12-10-20)29(3,4)5)27(36)32-16-13-23-25(32)24(34)18-33(23)28(37)31-14-7-6-8-15-31/h9-12,19,22-23,25H,6-8,13-18H2,1-5H3,(H,30,35). The van der Waals surface area contributed by atoms with Crippen LogP contribution < -0.4 is 5.32 Å². The van der Waals surface area contributed by atoms with Crippen LogP contribution in [0, 0.1) is 5.92 Å². The van der Waals surface area contributed by atoms with Crippen molar-refractivity contribution < 1.29 is 19.2 Å². The van der Waals surface area contributed by atoms with Crippen molar-refractivity contribution in [3.8, 4) is 0 Å². The van der Waals surface area contributed by atoms with Gasteiger partial charge >= 0.3 is 6.03 Å². The average Bonchev–Trinajstić information content (AvgIpc) is 3.44. The summed E-state index contributed by atoms with van der Waals surface area (Å²) in [6.45, 7) is 12.3. The molecule has 1 N–H and O–H groups in total. The van der Waals surface area contributed by atoms with Crippen molar-refractivity contribution >= 4 is 23.6 Å². The zero-order valence-electron chi connectivity index (χ0n) is 23.0. The molecular weight excluding hydrogens is 468 g/mol. The van der Waals surface area contributed by atoms with Crippen molar-refractivity contribution in [1.29, 1.82) is 0 Å². The SMILES string of the molecule is CC(C)CC(NC(=O)c1ccc(C(C)(C)C)cc1)C(=O)N1CCC2C1C(=O)CN2C(=O)N1CCCCC1. The van der Waals surface area contributed by atoms with Crippen LogP contribution in [0.5, 0.6) is 0 Å². The van der Waals surface area contributed by atoms with Crippen LogP contribution in [0.25, 0.3) is 0 Å². The second-order valence-corrected chi connectivity index (χ2v) is 12.2. The third-order valence-electron chi connectivity index (χ3n) is 7.90. The van der Waals surface area contributed by atoms with Gasteiger partial charge in [-0.05, 0) is 61.1 Å². The second-order valence-electron chi connectivity index (χ2n) is 12.2. The highest BCUT2D eigenvalue weighted by molar-refractivity contribution is 6.00. The van der Waals surface area contributed by atoms with E-state index in [4.69, 9.17) is 0 Å². The summed E-state index contributed by atoms with van der Waals surface area (Å²) in [4.78, 5) is 58.3. The Bertz CT molecular complexity index is 1020. The lowest BCUT2D eigenvalue weighted by Crippen LogP contribution is -2.53. The quantitative estimate of drug-likeness (QED) is 0.656. The maximum absolute atomic E-state index is 13.7. The molecule has 3 saturated heterocycles.